The van der Waals surface area contributed by atoms with Crippen LogP contribution >= 0.6 is 0 Å². The fraction of sp³-hybridized carbons (Fsp3) is 0.304. The second-order valence-electron chi connectivity index (χ2n) is 7.58. The molecule has 2 aromatic carbocycles. The predicted molar refractivity (Wildman–Crippen MR) is 120 cm³/mol. The normalized spacial score (nSPS) is 15.0. The number of nitrogens with one attached hydrogen (secondary N) is 1. The molecule has 0 atom stereocenters. The molecule has 0 spiro atoms. The van der Waals surface area contributed by atoms with Gasteiger partial charge >= 0.3 is 0 Å². The maximum absolute atomic E-state index is 12.2. The molecule has 166 valence electrons. The van der Waals surface area contributed by atoms with Gasteiger partial charge in [-0.15, -0.1) is 0 Å². The van der Waals surface area contributed by atoms with Crippen LogP contribution in [0.3, 0.4) is 0 Å². The summed E-state index contributed by atoms with van der Waals surface area (Å²) in [5.74, 6) is 1.19. The zero-order valence-electron chi connectivity index (χ0n) is 17.9. The van der Waals surface area contributed by atoms with E-state index in [1.54, 1.807) is 35.9 Å². The molecule has 8 nitrogen and oxygen atoms in total. The number of hydrogen-bond donors (Lipinski definition) is 1. The van der Waals surface area contributed by atoms with E-state index in [4.69, 9.17) is 14.7 Å². The topological polar surface area (TPSA) is 106 Å². The molecule has 1 aromatic heterocycles. The van der Waals surface area contributed by atoms with Gasteiger partial charge in [-0.05, 0) is 49.7 Å². The number of aromatic nitrogens is 2. The van der Waals surface area contributed by atoms with Crippen LogP contribution in [0.5, 0.6) is 11.6 Å². The molecule has 2 heterocycles. The fourth-order valence-corrected chi connectivity index (χ4v) is 4.48. The van der Waals surface area contributed by atoms with Gasteiger partial charge in [-0.25, -0.2) is 13.1 Å². The summed E-state index contributed by atoms with van der Waals surface area (Å²) in [4.78, 5) is 0. The Hall–Kier alpha value is -3.19. The summed E-state index contributed by atoms with van der Waals surface area (Å²) < 4.78 is 40.3. The molecule has 1 aliphatic rings. The van der Waals surface area contributed by atoms with Gasteiger partial charge < -0.3 is 9.47 Å². The molecule has 1 fully saturated rings. The number of nitriles is 1. The SMILES string of the molecule is CCn1nc(-c2cccc(C3(NS(=O)(=O)CC)COC3)c2)cc1Oc1ccc(C#N)cc1. The summed E-state index contributed by atoms with van der Waals surface area (Å²) in [5, 5.41) is 13.6. The molecule has 1 N–H and O–H groups in total. The lowest BCUT2D eigenvalue weighted by Crippen LogP contribution is -2.59. The summed E-state index contributed by atoms with van der Waals surface area (Å²) in [6.45, 7) is 4.76. The van der Waals surface area contributed by atoms with Gasteiger partial charge in [0, 0.05) is 18.2 Å². The molecular weight excluding hydrogens is 428 g/mol. The van der Waals surface area contributed by atoms with Gasteiger partial charge in [0.05, 0.1) is 36.3 Å². The number of rotatable bonds is 8. The standard InChI is InChI=1S/C23H24N4O4S/c1-3-27-22(31-20-10-8-17(14-24)9-11-20)13-21(25-27)18-6-5-7-19(12-18)23(15-30-16-23)26-32(28,29)4-2/h5-13,26H,3-4,15-16H2,1-2H3. The molecule has 0 saturated carbocycles. The lowest BCUT2D eigenvalue weighted by Gasteiger charge is -2.42. The number of ether oxygens (including phenoxy) is 2. The van der Waals surface area contributed by atoms with E-state index in [0.717, 1.165) is 11.1 Å². The monoisotopic (exact) mass is 452 g/mol. The predicted octanol–water partition coefficient (Wildman–Crippen LogP) is 3.40. The Morgan fingerprint density at radius 2 is 1.94 bits per heavy atom. The Balaban J connectivity index is 1.64. The van der Waals surface area contributed by atoms with Gasteiger partial charge in [-0.2, -0.15) is 15.1 Å². The highest BCUT2D eigenvalue weighted by molar-refractivity contribution is 7.89. The molecule has 3 aromatic rings. The molecule has 9 heteroatoms. The quantitative estimate of drug-likeness (QED) is 0.561. The average molecular weight is 453 g/mol. The molecule has 4 rings (SSSR count). The Labute approximate surface area is 187 Å². The second-order valence-corrected chi connectivity index (χ2v) is 9.59. The lowest BCUT2D eigenvalue weighted by molar-refractivity contribution is -0.0663. The minimum Gasteiger partial charge on any atom is -0.439 e. The number of sulfonamides is 1. The third-order valence-electron chi connectivity index (χ3n) is 5.39. The summed E-state index contributed by atoms with van der Waals surface area (Å²) >= 11 is 0. The van der Waals surface area contributed by atoms with Crippen LogP contribution in [-0.2, 0) is 26.8 Å². The van der Waals surface area contributed by atoms with Crippen molar-refractivity contribution in [2.24, 2.45) is 0 Å². The molecule has 0 radical (unpaired) electrons. The Bertz CT molecular complexity index is 1260. The summed E-state index contributed by atoms with van der Waals surface area (Å²) in [5.41, 5.74) is 2.19. The molecule has 32 heavy (non-hydrogen) atoms. The van der Waals surface area contributed by atoms with Crippen LogP contribution in [0.25, 0.3) is 11.3 Å². The minimum atomic E-state index is -3.40. The van der Waals surface area contributed by atoms with Crippen LogP contribution in [0.4, 0.5) is 0 Å². The smallest absolute Gasteiger partial charge is 0.218 e. The van der Waals surface area contributed by atoms with Crippen LogP contribution < -0.4 is 9.46 Å². The molecular formula is C23H24N4O4S. The molecule has 0 aliphatic carbocycles. The average Bonchev–Trinajstić information content (AvgIpc) is 3.20. The van der Waals surface area contributed by atoms with Crippen molar-refractivity contribution < 1.29 is 17.9 Å². The van der Waals surface area contributed by atoms with E-state index >= 15 is 0 Å². The van der Waals surface area contributed by atoms with Gasteiger partial charge in [0.2, 0.25) is 15.9 Å². The first-order chi connectivity index (χ1) is 15.4. The highest BCUT2D eigenvalue weighted by atomic mass is 32.2. The minimum absolute atomic E-state index is 0.00535. The van der Waals surface area contributed by atoms with Crippen LogP contribution in [0, 0.1) is 11.3 Å². The third-order valence-corrected chi connectivity index (χ3v) is 6.85. The Kier molecular flexibility index (Phi) is 6.02. The van der Waals surface area contributed by atoms with Crippen LogP contribution in [0.1, 0.15) is 25.0 Å². The van der Waals surface area contributed by atoms with Crippen molar-refractivity contribution in [3.8, 4) is 29.0 Å². The number of benzene rings is 2. The van der Waals surface area contributed by atoms with Crippen LogP contribution in [-0.4, -0.2) is 37.2 Å². The van der Waals surface area contributed by atoms with Gasteiger partial charge in [0.25, 0.3) is 0 Å². The van der Waals surface area contributed by atoms with Crippen molar-refractivity contribution in [2.75, 3.05) is 19.0 Å². The van der Waals surface area contributed by atoms with Gasteiger partial charge in [0.1, 0.15) is 11.3 Å². The largest absolute Gasteiger partial charge is 0.439 e. The zero-order valence-corrected chi connectivity index (χ0v) is 18.7. The Morgan fingerprint density at radius 1 is 1.19 bits per heavy atom. The second kappa shape index (κ2) is 8.74. The van der Waals surface area contributed by atoms with E-state index in [1.807, 2.05) is 37.3 Å². The van der Waals surface area contributed by atoms with Crippen LogP contribution in [0.2, 0.25) is 0 Å². The number of aryl methyl sites for hydroxylation is 1. The first-order valence-electron chi connectivity index (χ1n) is 10.3. The summed E-state index contributed by atoms with van der Waals surface area (Å²) in [7, 11) is -3.40. The maximum Gasteiger partial charge on any atom is 0.218 e. The van der Waals surface area contributed by atoms with E-state index in [9.17, 15) is 8.42 Å². The van der Waals surface area contributed by atoms with Crippen molar-refractivity contribution in [3.05, 3.63) is 65.7 Å². The summed E-state index contributed by atoms with van der Waals surface area (Å²) in [6.07, 6.45) is 0. The molecule has 0 unspecified atom stereocenters. The van der Waals surface area contributed by atoms with E-state index in [2.05, 4.69) is 15.9 Å². The molecule has 0 amide bonds. The third kappa shape index (κ3) is 4.39. The molecule has 1 saturated heterocycles. The van der Waals surface area contributed by atoms with Crippen molar-refractivity contribution in [3.63, 3.8) is 0 Å². The van der Waals surface area contributed by atoms with E-state index in [1.165, 1.54) is 0 Å². The van der Waals surface area contributed by atoms with E-state index in [-0.39, 0.29) is 19.0 Å². The van der Waals surface area contributed by atoms with Crippen molar-refractivity contribution >= 4 is 10.0 Å². The highest BCUT2D eigenvalue weighted by Crippen LogP contribution is 2.34. The lowest BCUT2D eigenvalue weighted by atomic mass is 9.88. The van der Waals surface area contributed by atoms with Crippen molar-refractivity contribution in [2.45, 2.75) is 25.9 Å². The van der Waals surface area contributed by atoms with E-state index < -0.39 is 15.6 Å². The Morgan fingerprint density at radius 3 is 2.53 bits per heavy atom. The number of nitrogens with zero attached hydrogens (tertiary/aromatic N) is 3. The van der Waals surface area contributed by atoms with Gasteiger partial charge in [-0.1, -0.05) is 18.2 Å². The first kappa shape index (κ1) is 22.0. The molecule has 1 aliphatic heterocycles. The highest BCUT2D eigenvalue weighted by Gasteiger charge is 2.43. The fourth-order valence-electron chi connectivity index (χ4n) is 3.50. The maximum atomic E-state index is 12.2. The number of hydrogen-bond acceptors (Lipinski definition) is 6. The van der Waals surface area contributed by atoms with E-state index in [0.29, 0.717) is 29.4 Å². The molecule has 0 bridgehead atoms. The first-order valence-corrected chi connectivity index (χ1v) is 12.0. The van der Waals surface area contributed by atoms with Crippen molar-refractivity contribution in [1.82, 2.24) is 14.5 Å². The van der Waals surface area contributed by atoms with Gasteiger partial charge in [-0.3, -0.25) is 0 Å². The zero-order chi connectivity index (χ0) is 22.8. The van der Waals surface area contributed by atoms with Gasteiger partial charge in [0.15, 0.2) is 0 Å². The van der Waals surface area contributed by atoms with Crippen LogP contribution in [0.15, 0.2) is 54.6 Å². The summed E-state index contributed by atoms with van der Waals surface area (Å²) in [6, 6.07) is 18.5. The van der Waals surface area contributed by atoms with Crippen molar-refractivity contribution in [1.29, 1.82) is 5.26 Å².